The second-order valence-corrected chi connectivity index (χ2v) is 1.56. The average molecular weight is 126 g/mol. The predicted octanol–water partition coefficient (Wildman–Crippen LogP) is -0.285. The maximum atomic E-state index is 9.98. The third-order valence-electron chi connectivity index (χ3n) is 0.925. The molecule has 9 heavy (non-hydrogen) atoms. The molecule has 0 fully saturated rings. The molecule has 1 heterocycles. The first-order valence-corrected chi connectivity index (χ1v) is 2.46. The quantitative estimate of drug-likeness (QED) is 0.535. The number of aromatic amines is 1. The van der Waals surface area contributed by atoms with Gasteiger partial charge >= 0.3 is 0 Å². The van der Waals surface area contributed by atoms with E-state index in [0.29, 0.717) is 17.8 Å². The predicted molar refractivity (Wildman–Crippen MR) is 29.9 cm³/mol. The van der Waals surface area contributed by atoms with Crippen LogP contribution in [0.5, 0.6) is 0 Å². The van der Waals surface area contributed by atoms with E-state index in [1.165, 1.54) is 6.20 Å². The van der Waals surface area contributed by atoms with Crippen LogP contribution in [0.25, 0.3) is 0 Å². The number of aromatic nitrogens is 2. The Morgan fingerprint density at radius 3 is 3.00 bits per heavy atom. The number of H-pyrrole nitrogens is 1. The van der Waals surface area contributed by atoms with Crippen molar-refractivity contribution in [3.05, 3.63) is 17.7 Å². The summed E-state index contributed by atoms with van der Waals surface area (Å²) >= 11 is 0. The summed E-state index contributed by atoms with van der Waals surface area (Å²) in [5.41, 5.74) is 0.388. The van der Waals surface area contributed by atoms with Crippen molar-refractivity contribution in [2.75, 3.05) is 0 Å². The number of hydrogen-bond donors (Lipinski definition) is 2. The van der Waals surface area contributed by atoms with Crippen LogP contribution in [0.2, 0.25) is 0 Å². The van der Waals surface area contributed by atoms with Crippen molar-refractivity contribution in [1.82, 2.24) is 9.97 Å². The fraction of sp³-hybridized carbons (Fsp3) is 0.200. The van der Waals surface area contributed by atoms with Crippen LogP contribution in [-0.2, 0) is 6.61 Å². The normalized spacial score (nSPS) is 9.44. The van der Waals surface area contributed by atoms with Gasteiger partial charge in [-0.15, -0.1) is 0 Å². The van der Waals surface area contributed by atoms with Crippen LogP contribution >= 0.6 is 0 Å². The smallest absolute Gasteiger partial charge is 0.167 e. The van der Waals surface area contributed by atoms with Gasteiger partial charge in [-0.3, -0.25) is 4.79 Å². The average Bonchev–Trinajstić information content (AvgIpc) is 2.34. The number of carbonyl (C=O) groups is 1. The first kappa shape index (κ1) is 5.97. The Balaban J connectivity index is 2.86. The van der Waals surface area contributed by atoms with E-state index < -0.39 is 0 Å². The Bertz CT molecular complexity index is 206. The highest BCUT2D eigenvalue weighted by Gasteiger charge is 1.94. The molecule has 0 aliphatic carbocycles. The molecule has 0 atom stereocenters. The van der Waals surface area contributed by atoms with Crippen molar-refractivity contribution in [3.8, 4) is 0 Å². The van der Waals surface area contributed by atoms with Gasteiger partial charge in [0.1, 0.15) is 12.4 Å². The third kappa shape index (κ3) is 1.14. The maximum Gasteiger partial charge on any atom is 0.167 e. The van der Waals surface area contributed by atoms with E-state index in [1.54, 1.807) is 0 Å². The van der Waals surface area contributed by atoms with Gasteiger partial charge in [0.15, 0.2) is 6.29 Å². The lowest BCUT2D eigenvalue weighted by Crippen LogP contribution is -1.85. The van der Waals surface area contributed by atoms with Crippen LogP contribution < -0.4 is 0 Å². The molecule has 1 aromatic rings. The minimum atomic E-state index is -0.159. The molecule has 48 valence electrons. The number of nitrogens with zero attached hydrogens (tertiary/aromatic N) is 1. The van der Waals surface area contributed by atoms with Crippen molar-refractivity contribution in [2.45, 2.75) is 6.61 Å². The van der Waals surface area contributed by atoms with Crippen LogP contribution in [0.4, 0.5) is 0 Å². The summed E-state index contributed by atoms with van der Waals surface area (Å²) in [4.78, 5) is 16.2. The molecule has 0 saturated heterocycles. The van der Waals surface area contributed by atoms with Crippen molar-refractivity contribution in [1.29, 1.82) is 0 Å². The van der Waals surface area contributed by atoms with Crippen LogP contribution in [0.1, 0.15) is 16.3 Å². The summed E-state index contributed by atoms with van der Waals surface area (Å²) in [6.45, 7) is -0.159. The van der Waals surface area contributed by atoms with E-state index in [2.05, 4.69) is 9.97 Å². The van der Waals surface area contributed by atoms with Crippen molar-refractivity contribution in [2.24, 2.45) is 0 Å². The van der Waals surface area contributed by atoms with Gasteiger partial charge < -0.3 is 10.1 Å². The zero-order valence-electron chi connectivity index (χ0n) is 4.66. The van der Waals surface area contributed by atoms with Gasteiger partial charge in [0.2, 0.25) is 0 Å². The summed E-state index contributed by atoms with van der Waals surface area (Å²) < 4.78 is 0. The number of nitrogens with one attached hydrogen (secondary N) is 1. The summed E-state index contributed by atoms with van der Waals surface area (Å²) in [5, 5.41) is 8.44. The summed E-state index contributed by atoms with van der Waals surface area (Å²) in [6, 6.07) is 0. The molecule has 0 spiro atoms. The number of carbonyl (C=O) groups excluding carboxylic acids is 1. The molecule has 0 radical (unpaired) electrons. The number of aliphatic hydroxyl groups is 1. The monoisotopic (exact) mass is 126 g/mol. The van der Waals surface area contributed by atoms with E-state index in [9.17, 15) is 4.79 Å². The molecule has 0 unspecified atom stereocenters. The molecule has 4 heteroatoms. The zero-order chi connectivity index (χ0) is 6.69. The van der Waals surface area contributed by atoms with Gasteiger partial charge in [0, 0.05) is 0 Å². The molecule has 0 bridgehead atoms. The highest BCUT2D eigenvalue weighted by atomic mass is 16.3. The van der Waals surface area contributed by atoms with Crippen molar-refractivity contribution >= 4 is 6.29 Å². The second-order valence-electron chi connectivity index (χ2n) is 1.56. The van der Waals surface area contributed by atoms with Crippen molar-refractivity contribution < 1.29 is 9.90 Å². The molecule has 1 aromatic heterocycles. The fourth-order valence-corrected chi connectivity index (χ4v) is 0.519. The highest BCUT2D eigenvalue weighted by Crippen LogP contribution is 1.91. The summed E-state index contributed by atoms with van der Waals surface area (Å²) in [6.07, 6.45) is 2.02. The number of imidazole rings is 1. The van der Waals surface area contributed by atoms with Gasteiger partial charge in [0.25, 0.3) is 0 Å². The minimum Gasteiger partial charge on any atom is -0.388 e. The van der Waals surface area contributed by atoms with Crippen LogP contribution in [0, 0.1) is 0 Å². The van der Waals surface area contributed by atoms with E-state index in [4.69, 9.17) is 5.11 Å². The minimum absolute atomic E-state index is 0.159. The molecule has 0 aliphatic rings. The van der Waals surface area contributed by atoms with E-state index in [0.717, 1.165) is 0 Å². The van der Waals surface area contributed by atoms with Gasteiger partial charge in [-0.2, -0.15) is 0 Å². The van der Waals surface area contributed by atoms with Crippen LogP contribution in [0.15, 0.2) is 6.20 Å². The van der Waals surface area contributed by atoms with Crippen LogP contribution in [-0.4, -0.2) is 21.4 Å². The molecular weight excluding hydrogens is 120 g/mol. The lowest BCUT2D eigenvalue weighted by molar-refractivity contribution is 0.111. The molecule has 0 saturated carbocycles. The van der Waals surface area contributed by atoms with Crippen molar-refractivity contribution in [3.63, 3.8) is 0 Å². The largest absolute Gasteiger partial charge is 0.388 e. The summed E-state index contributed by atoms with van der Waals surface area (Å²) in [7, 11) is 0. The van der Waals surface area contributed by atoms with Gasteiger partial charge in [0.05, 0.1) is 11.9 Å². The van der Waals surface area contributed by atoms with E-state index >= 15 is 0 Å². The molecular formula is C5H6N2O2. The Kier molecular flexibility index (Phi) is 1.60. The van der Waals surface area contributed by atoms with Gasteiger partial charge in [-0.05, 0) is 0 Å². The maximum absolute atomic E-state index is 9.98. The molecule has 0 aliphatic heterocycles. The Morgan fingerprint density at radius 1 is 1.89 bits per heavy atom. The number of hydrogen-bond acceptors (Lipinski definition) is 3. The first-order valence-electron chi connectivity index (χ1n) is 2.46. The van der Waals surface area contributed by atoms with E-state index in [1.807, 2.05) is 0 Å². The standard InChI is InChI=1S/C5H6N2O2/c8-2-4-1-6-5(3-9)7-4/h1-2,9H,3H2,(H,6,7). The fourth-order valence-electron chi connectivity index (χ4n) is 0.519. The SMILES string of the molecule is O=Cc1cnc(CO)[nH]1. The molecule has 0 amide bonds. The Hall–Kier alpha value is -1.16. The first-order chi connectivity index (χ1) is 4.36. The number of aliphatic hydroxyl groups excluding tert-OH is 1. The second kappa shape index (κ2) is 2.41. The third-order valence-corrected chi connectivity index (χ3v) is 0.925. The molecule has 0 aromatic carbocycles. The summed E-state index contributed by atoms with van der Waals surface area (Å²) in [5.74, 6) is 0.414. The molecule has 1 rings (SSSR count). The topological polar surface area (TPSA) is 66.0 Å². The Morgan fingerprint density at radius 2 is 2.67 bits per heavy atom. The molecule has 2 N–H and O–H groups in total. The zero-order valence-corrected chi connectivity index (χ0v) is 4.66. The lowest BCUT2D eigenvalue weighted by atomic mass is 10.5. The number of rotatable bonds is 2. The highest BCUT2D eigenvalue weighted by molar-refractivity contribution is 5.71. The van der Waals surface area contributed by atoms with Gasteiger partial charge in [-0.25, -0.2) is 4.98 Å². The Labute approximate surface area is 51.5 Å². The lowest BCUT2D eigenvalue weighted by Gasteiger charge is -1.81. The van der Waals surface area contributed by atoms with Gasteiger partial charge in [-0.1, -0.05) is 0 Å². The molecule has 4 nitrogen and oxygen atoms in total. The van der Waals surface area contributed by atoms with E-state index in [-0.39, 0.29) is 6.61 Å². The van der Waals surface area contributed by atoms with Crippen LogP contribution in [0.3, 0.4) is 0 Å². The number of aldehydes is 1.